The number of hydrogen-bond acceptors (Lipinski definition) is 5. The highest BCUT2D eigenvalue weighted by Crippen LogP contribution is 2.11. The average Bonchev–Trinajstić information content (AvgIpc) is 3.03. The summed E-state index contributed by atoms with van der Waals surface area (Å²) in [5, 5.41) is 13.2. The van der Waals surface area contributed by atoms with E-state index < -0.39 is 0 Å². The highest BCUT2D eigenvalue weighted by molar-refractivity contribution is 7.99. The predicted octanol–water partition coefficient (Wildman–Crippen LogP) is 0.125. The van der Waals surface area contributed by atoms with Gasteiger partial charge in [0, 0.05) is 38.4 Å². The lowest BCUT2D eigenvalue weighted by molar-refractivity contribution is -0.119. The number of H-pyrrole nitrogens is 1. The van der Waals surface area contributed by atoms with Gasteiger partial charge in [0.25, 0.3) is 0 Å². The minimum absolute atomic E-state index is 0.0551. The van der Waals surface area contributed by atoms with E-state index in [1.807, 2.05) is 6.92 Å². The van der Waals surface area contributed by atoms with Crippen LogP contribution in [-0.2, 0) is 4.79 Å². The fourth-order valence-electron chi connectivity index (χ4n) is 2.15. The molecule has 0 saturated carbocycles. The molecule has 2 rings (SSSR count). The molecule has 1 aliphatic rings. The monoisotopic (exact) mass is 312 g/mol. The zero-order chi connectivity index (χ0) is 15.2. The van der Waals surface area contributed by atoms with Crippen LogP contribution < -0.4 is 10.6 Å². The van der Waals surface area contributed by atoms with E-state index in [1.54, 1.807) is 4.90 Å². The van der Waals surface area contributed by atoms with E-state index in [0.29, 0.717) is 30.5 Å². The number of aromatic nitrogens is 3. The second-order valence-corrected chi connectivity index (χ2v) is 5.98. The van der Waals surface area contributed by atoms with Crippen molar-refractivity contribution in [3.8, 4) is 0 Å². The maximum Gasteiger partial charge on any atom is 0.317 e. The zero-order valence-corrected chi connectivity index (χ0v) is 13.0. The van der Waals surface area contributed by atoms with E-state index in [0.717, 1.165) is 12.2 Å². The highest BCUT2D eigenvalue weighted by Gasteiger charge is 2.26. The first kappa shape index (κ1) is 15.6. The SMILES string of the molecule is CC(=O)NC1CCN(C(=O)NCCSc2n[nH]c(C)n2)C1. The van der Waals surface area contributed by atoms with Crippen molar-refractivity contribution in [2.75, 3.05) is 25.4 Å². The average molecular weight is 312 g/mol. The Morgan fingerprint density at radius 1 is 1.52 bits per heavy atom. The van der Waals surface area contributed by atoms with Crippen molar-refractivity contribution >= 4 is 23.7 Å². The summed E-state index contributed by atoms with van der Waals surface area (Å²) in [7, 11) is 0. The Hall–Kier alpha value is -1.77. The summed E-state index contributed by atoms with van der Waals surface area (Å²) in [5.41, 5.74) is 0. The van der Waals surface area contributed by atoms with Crippen molar-refractivity contribution in [2.45, 2.75) is 31.5 Å². The minimum atomic E-state index is -0.0883. The Bertz CT molecular complexity index is 506. The summed E-state index contributed by atoms with van der Waals surface area (Å²) in [5.74, 6) is 1.44. The number of carbonyl (C=O) groups is 2. The van der Waals surface area contributed by atoms with Crippen LogP contribution in [0.25, 0.3) is 0 Å². The molecule has 9 heteroatoms. The van der Waals surface area contributed by atoms with Gasteiger partial charge in [0.1, 0.15) is 5.82 Å². The van der Waals surface area contributed by atoms with E-state index >= 15 is 0 Å². The molecule has 116 valence electrons. The number of carbonyl (C=O) groups excluding carboxylic acids is 2. The lowest BCUT2D eigenvalue weighted by atomic mass is 10.3. The lowest BCUT2D eigenvalue weighted by Crippen LogP contribution is -2.42. The Morgan fingerprint density at radius 3 is 3.00 bits per heavy atom. The molecule has 1 unspecified atom stereocenters. The molecule has 21 heavy (non-hydrogen) atoms. The van der Waals surface area contributed by atoms with Crippen molar-refractivity contribution < 1.29 is 9.59 Å². The van der Waals surface area contributed by atoms with Gasteiger partial charge in [-0.1, -0.05) is 11.8 Å². The molecule has 1 aliphatic heterocycles. The summed E-state index contributed by atoms with van der Waals surface area (Å²) in [4.78, 5) is 28.8. The molecule has 0 radical (unpaired) electrons. The Morgan fingerprint density at radius 2 is 2.33 bits per heavy atom. The molecule has 1 atom stereocenters. The van der Waals surface area contributed by atoms with Crippen LogP contribution in [0.5, 0.6) is 0 Å². The number of hydrogen-bond donors (Lipinski definition) is 3. The number of urea groups is 1. The van der Waals surface area contributed by atoms with Crippen molar-refractivity contribution in [3.05, 3.63) is 5.82 Å². The van der Waals surface area contributed by atoms with Gasteiger partial charge < -0.3 is 15.5 Å². The molecule has 1 aromatic heterocycles. The third-order valence-corrected chi connectivity index (χ3v) is 3.92. The maximum absolute atomic E-state index is 11.9. The standard InChI is InChI=1S/C12H20N6O2S/c1-8-14-11(17-16-8)21-6-4-13-12(20)18-5-3-10(7-18)15-9(2)19/h10H,3-7H2,1-2H3,(H,13,20)(H,15,19)(H,14,16,17). The molecular formula is C12H20N6O2S. The first-order valence-corrected chi connectivity index (χ1v) is 7.85. The molecule has 3 N–H and O–H groups in total. The summed E-state index contributed by atoms with van der Waals surface area (Å²) in [6, 6.07) is -0.0199. The molecule has 0 spiro atoms. The van der Waals surface area contributed by atoms with Crippen LogP contribution in [0.1, 0.15) is 19.2 Å². The van der Waals surface area contributed by atoms with Crippen LogP contribution in [0.4, 0.5) is 4.79 Å². The van der Waals surface area contributed by atoms with Crippen LogP contribution in [0.3, 0.4) is 0 Å². The number of aryl methyl sites for hydroxylation is 1. The Balaban J connectivity index is 1.62. The van der Waals surface area contributed by atoms with Crippen molar-refractivity contribution in [3.63, 3.8) is 0 Å². The molecular weight excluding hydrogens is 292 g/mol. The lowest BCUT2D eigenvalue weighted by Gasteiger charge is -2.17. The molecule has 8 nitrogen and oxygen atoms in total. The quantitative estimate of drug-likeness (QED) is 0.529. The fraction of sp³-hybridized carbons (Fsp3) is 0.667. The van der Waals surface area contributed by atoms with Gasteiger partial charge >= 0.3 is 6.03 Å². The molecule has 1 fully saturated rings. The topological polar surface area (TPSA) is 103 Å². The largest absolute Gasteiger partial charge is 0.352 e. The highest BCUT2D eigenvalue weighted by atomic mass is 32.2. The first-order valence-electron chi connectivity index (χ1n) is 6.86. The molecule has 0 bridgehead atoms. The van der Waals surface area contributed by atoms with E-state index in [2.05, 4.69) is 25.8 Å². The van der Waals surface area contributed by atoms with Crippen LogP contribution in [0.15, 0.2) is 5.16 Å². The van der Waals surface area contributed by atoms with Crippen molar-refractivity contribution in [1.82, 2.24) is 30.7 Å². The zero-order valence-electron chi connectivity index (χ0n) is 12.2. The van der Waals surface area contributed by atoms with E-state index in [-0.39, 0.29) is 18.0 Å². The molecule has 2 heterocycles. The molecule has 3 amide bonds. The summed E-state index contributed by atoms with van der Waals surface area (Å²) in [6.07, 6.45) is 0.804. The molecule has 1 saturated heterocycles. The summed E-state index contributed by atoms with van der Waals surface area (Å²) >= 11 is 1.49. The number of aromatic amines is 1. The Labute approximate surface area is 127 Å². The number of rotatable bonds is 5. The number of nitrogens with one attached hydrogen (secondary N) is 3. The van der Waals surface area contributed by atoms with Crippen LogP contribution >= 0.6 is 11.8 Å². The number of thioether (sulfide) groups is 1. The first-order chi connectivity index (χ1) is 10.0. The maximum atomic E-state index is 11.9. The second-order valence-electron chi connectivity index (χ2n) is 4.92. The van der Waals surface area contributed by atoms with Gasteiger partial charge in [-0.05, 0) is 13.3 Å². The van der Waals surface area contributed by atoms with Crippen LogP contribution in [0, 0.1) is 6.92 Å². The van der Waals surface area contributed by atoms with Gasteiger partial charge in [-0.2, -0.15) is 0 Å². The van der Waals surface area contributed by atoms with E-state index in [9.17, 15) is 9.59 Å². The van der Waals surface area contributed by atoms with Crippen LogP contribution in [-0.4, -0.2) is 63.4 Å². The van der Waals surface area contributed by atoms with Gasteiger partial charge in [-0.25, -0.2) is 9.78 Å². The second kappa shape index (κ2) is 7.30. The van der Waals surface area contributed by atoms with Crippen LogP contribution in [0.2, 0.25) is 0 Å². The van der Waals surface area contributed by atoms with E-state index in [1.165, 1.54) is 18.7 Å². The third-order valence-electron chi connectivity index (χ3n) is 3.07. The molecule has 0 aliphatic carbocycles. The number of nitrogens with zero attached hydrogens (tertiary/aromatic N) is 3. The van der Waals surface area contributed by atoms with E-state index in [4.69, 9.17) is 0 Å². The van der Waals surface area contributed by atoms with Gasteiger partial charge in [0.15, 0.2) is 0 Å². The van der Waals surface area contributed by atoms with Gasteiger partial charge in [-0.15, -0.1) is 5.10 Å². The van der Waals surface area contributed by atoms with Gasteiger partial charge in [0.2, 0.25) is 11.1 Å². The smallest absolute Gasteiger partial charge is 0.317 e. The van der Waals surface area contributed by atoms with Gasteiger partial charge in [-0.3, -0.25) is 9.89 Å². The van der Waals surface area contributed by atoms with Crippen molar-refractivity contribution in [1.29, 1.82) is 0 Å². The normalized spacial score (nSPS) is 17.8. The summed E-state index contributed by atoms with van der Waals surface area (Å²) < 4.78 is 0. The molecule has 1 aromatic rings. The van der Waals surface area contributed by atoms with Gasteiger partial charge in [0.05, 0.1) is 0 Å². The number of likely N-dealkylation sites (tertiary alicyclic amines) is 1. The summed E-state index contributed by atoms with van der Waals surface area (Å²) in [6.45, 7) is 5.13. The van der Waals surface area contributed by atoms with Crippen molar-refractivity contribution in [2.24, 2.45) is 0 Å². The third kappa shape index (κ3) is 4.92. The number of amides is 3. The molecule has 0 aromatic carbocycles. The minimum Gasteiger partial charge on any atom is -0.352 e. The Kier molecular flexibility index (Phi) is 5.43. The fourth-order valence-corrected chi connectivity index (χ4v) is 2.85. The predicted molar refractivity (Wildman–Crippen MR) is 79.0 cm³/mol.